The average Bonchev–Trinajstić information content (AvgIpc) is 3.48. The largest absolute Gasteiger partial charge is 0.393 e. The van der Waals surface area contributed by atoms with Gasteiger partial charge in [0.15, 0.2) is 0 Å². The van der Waals surface area contributed by atoms with Gasteiger partial charge >= 0.3 is 10.3 Å². The van der Waals surface area contributed by atoms with Gasteiger partial charge in [-0.3, -0.25) is 8.98 Å². The van der Waals surface area contributed by atoms with Crippen LogP contribution in [0.2, 0.25) is 5.02 Å². The second-order valence-corrected chi connectivity index (χ2v) is 12.3. The van der Waals surface area contributed by atoms with Crippen LogP contribution in [0.3, 0.4) is 0 Å². The Labute approximate surface area is 230 Å². The Hall–Kier alpha value is -2.45. The predicted octanol–water partition coefficient (Wildman–Crippen LogP) is 2.85. The van der Waals surface area contributed by atoms with Crippen LogP contribution in [0, 0.1) is 5.92 Å². The Morgan fingerprint density at radius 2 is 2.18 bits per heavy atom. The molecule has 1 aromatic carbocycles. The summed E-state index contributed by atoms with van der Waals surface area (Å²) in [5.74, 6) is -0.302. The minimum atomic E-state index is -4.10. The molecule has 3 atom stereocenters. The van der Waals surface area contributed by atoms with Crippen molar-refractivity contribution in [2.24, 2.45) is 11.1 Å². The molecule has 0 spiro atoms. The predicted molar refractivity (Wildman–Crippen MR) is 145 cm³/mol. The molecule has 3 heterocycles. The third kappa shape index (κ3) is 5.91. The first-order valence-corrected chi connectivity index (χ1v) is 14.9. The van der Waals surface area contributed by atoms with Crippen LogP contribution < -0.4 is 10.5 Å². The van der Waals surface area contributed by atoms with Gasteiger partial charge in [-0.1, -0.05) is 17.7 Å². The van der Waals surface area contributed by atoms with Crippen LogP contribution in [0.15, 0.2) is 36.1 Å². The number of thiophene rings is 1. The number of nitrogens with zero attached hydrogens (tertiary/aromatic N) is 3. The maximum Gasteiger partial charge on any atom is 0.333 e. The highest BCUT2D eigenvalue weighted by atomic mass is 35.5. The minimum Gasteiger partial charge on any atom is -0.393 e. The molecule has 2 aliphatic rings. The van der Waals surface area contributed by atoms with Crippen LogP contribution in [-0.2, 0) is 27.5 Å². The van der Waals surface area contributed by atoms with Crippen LogP contribution in [-0.4, -0.2) is 66.5 Å². The molecule has 5 rings (SSSR count). The molecule has 1 fully saturated rings. The van der Waals surface area contributed by atoms with Crippen molar-refractivity contribution in [1.82, 2.24) is 14.9 Å². The molecule has 202 valence electrons. The molecule has 38 heavy (non-hydrogen) atoms. The van der Waals surface area contributed by atoms with E-state index in [0.29, 0.717) is 34.1 Å². The number of halogens is 1. The number of carbonyl (C=O) groups is 1. The molecule has 0 saturated heterocycles. The first-order chi connectivity index (χ1) is 18.1. The number of fused-ring (bicyclic) bond motifs is 1. The van der Waals surface area contributed by atoms with Crippen LogP contribution in [0.4, 0.5) is 5.82 Å². The van der Waals surface area contributed by atoms with E-state index >= 15 is 0 Å². The number of aliphatic hydroxyl groups is 1. The topological polar surface area (TPSA) is 148 Å². The Bertz CT molecular complexity index is 1460. The average molecular weight is 578 g/mol. The Balaban J connectivity index is 1.35. The van der Waals surface area contributed by atoms with Gasteiger partial charge in [0.2, 0.25) is 5.78 Å². The van der Waals surface area contributed by atoms with E-state index in [1.54, 1.807) is 0 Å². The monoisotopic (exact) mass is 577 g/mol. The number of likely N-dealkylation sites (N-methyl/N-ethyl adjacent to an activating group) is 1. The summed E-state index contributed by atoms with van der Waals surface area (Å²) in [4.78, 5) is 24.7. The number of hydrogen-bond acceptors (Lipinski definition) is 10. The van der Waals surface area contributed by atoms with Crippen molar-refractivity contribution in [1.29, 1.82) is 0 Å². The highest BCUT2D eigenvalue weighted by Crippen LogP contribution is 2.39. The summed E-state index contributed by atoms with van der Waals surface area (Å²) < 4.78 is 26.9. The molecule has 1 aliphatic heterocycles. The lowest BCUT2D eigenvalue weighted by atomic mass is 9.92. The number of aromatic nitrogens is 2. The number of nitrogens with two attached hydrogens (primary N) is 1. The lowest BCUT2D eigenvalue weighted by molar-refractivity contribution is 0.101. The van der Waals surface area contributed by atoms with Crippen molar-refractivity contribution in [2.45, 2.75) is 38.0 Å². The number of anilines is 1. The van der Waals surface area contributed by atoms with E-state index < -0.39 is 22.3 Å². The summed E-state index contributed by atoms with van der Waals surface area (Å²) in [7, 11) is -2.01. The van der Waals surface area contributed by atoms with Crippen LogP contribution in [0.25, 0.3) is 11.1 Å². The first-order valence-electron chi connectivity index (χ1n) is 12.1. The molecular weight excluding hydrogens is 550 g/mol. The third-order valence-electron chi connectivity index (χ3n) is 7.06. The van der Waals surface area contributed by atoms with E-state index in [1.807, 2.05) is 17.5 Å². The van der Waals surface area contributed by atoms with Crippen molar-refractivity contribution in [3.63, 3.8) is 0 Å². The number of hydrogen-bond donors (Lipinski definition) is 3. The van der Waals surface area contributed by atoms with Gasteiger partial charge < -0.3 is 15.3 Å². The van der Waals surface area contributed by atoms with Gasteiger partial charge in [0.05, 0.1) is 23.2 Å². The fourth-order valence-electron chi connectivity index (χ4n) is 5.15. The van der Waals surface area contributed by atoms with Crippen molar-refractivity contribution in [3.8, 4) is 11.1 Å². The van der Waals surface area contributed by atoms with E-state index in [0.717, 1.165) is 30.6 Å². The van der Waals surface area contributed by atoms with Gasteiger partial charge in [0.1, 0.15) is 12.1 Å². The normalized spacial score (nSPS) is 21.8. The minimum absolute atomic E-state index is 0.215. The summed E-state index contributed by atoms with van der Waals surface area (Å²) in [5, 5.41) is 21.1. The van der Waals surface area contributed by atoms with E-state index in [4.69, 9.17) is 16.7 Å². The van der Waals surface area contributed by atoms with E-state index in [2.05, 4.69) is 37.5 Å². The Morgan fingerprint density at radius 3 is 2.97 bits per heavy atom. The summed E-state index contributed by atoms with van der Waals surface area (Å²) in [6.45, 7) is 1.57. The van der Waals surface area contributed by atoms with Gasteiger partial charge in [0, 0.05) is 41.8 Å². The van der Waals surface area contributed by atoms with Crippen LogP contribution >= 0.6 is 22.9 Å². The Kier molecular flexibility index (Phi) is 7.83. The zero-order valence-electron chi connectivity index (χ0n) is 20.6. The molecule has 0 unspecified atom stereocenters. The maximum absolute atomic E-state index is 13.6. The zero-order valence-corrected chi connectivity index (χ0v) is 23.0. The first kappa shape index (κ1) is 27.1. The number of nitrogens with one attached hydrogen (secondary N) is 1. The highest BCUT2D eigenvalue weighted by molar-refractivity contribution is 7.84. The maximum atomic E-state index is 13.6. The highest BCUT2D eigenvalue weighted by Gasteiger charge is 2.35. The van der Waals surface area contributed by atoms with Gasteiger partial charge in [0.25, 0.3) is 0 Å². The molecule has 1 aliphatic carbocycles. The molecule has 0 amide bonds. The SMILES string of the molecule is CN1CCc2ccc(Cl)c(-c3csc(C(=O)c4cncnc4N[C@@H]4C[C@H](COS(N)(=O)=O)[C@@H](O)C4)c3)c2C1. The standard InChI is InChI=1S/C25H28ClN5O5S2/c1-31-5-4-14-2-3-20(26)23(19(14)10-31)16-7-22(37-12-16)24(33)18-9-28-13-29-25(18)30-17-6-15(21(32)8-17)11-36-38(27,34)35/h2-3,7,9,12-13,15,17,21,32H,4-6,8,10-11H2,1H3,(H2,27,34,35)(H,28,29,30)/t15-,17-,21+/m1/s1. The molecule has 4 N–H and O–H groups in total. The second-order valence-electron chi connectivity index (χ2n) is 9.78. The summed E-state index contributed by atoms with van der Waals surface area (Å²) >= 11 is 7.98. The molecule has 0 bridgehead atoms. The third-order valence-corrected chi connectivity index (χ3v) is 8.77. The molecular formula is C25H28ClN5O5S2. The van der Waals surface area contributed by atoms with Gasteiger partial charge in [-0.15, -0.1) is 11.3 Å². The van der Waals surface area contributed by atoms with Gasteiger partial charge in [-0.2, -0.15) is 8.42 Å². The number of ketones is 1. The lowest BCUT2D eigenvalue weighted by Crippen LogP contribution is -2.27. The molecule has 10 nitrogen and oxygen atoms in total. The quantitative estimate of drug-likeness (QED) is 0.344. The molecule has 3 aromatic rings. The molecule has 0 radical (unpaired) electrons. The van der Waals surface area contributed by atoms with E-state index in [-0.39, 0.29) is 18.4 Å². The Morgan fingerprint density at radius 1 is 1.37 bits per heavy atom. The van der Waals surface area contributed by atoms with Crippen LogP contribution in [0.5, 0.6) is 0 Å². The number of rotatable bonds is 8. The molecule has 2 aromatic heterocycles. The van der Waals surface area contributed by atoms with Crippen molar-refractivity contribution < 1.29 is 22.5 Å². The van der Waals surface area contributed by atoms with E-state index in [1.165, 1.54) is 35.0 Å². The van der Waals surface area contributed by atoms with Gasteiger partial charge in [-0.25, -0.2) is 15.1 Å². The lowest BCUT2D eigenvalue weighted by Gasteiger charge is -2.27. The van der Waals surface area contributed by atoms with E-state index in [9.17, 15) is 18.3 Å². The second kappa shape index (κ2) is 11.0. The summed E-state index contributed by atoms with van der Waals surface area (Å²) in [6, 6.07) is 5.62. The molecule has 1 saturated carbocycles. The smallest absolute Gasteiger partial charge is 0.333 e. The molecule has 13 heteroatoms. The summed E-state index contributed by atoms with van der Waals surface area (Å²) in [6.07, 6.45) is 3.74. The van der Waals surface area contributed by atoms with Gasteiger partial charge in [-0.05, 0) is 60.5 Å². The number of aliphatic hydroxyl groups excluding tert-OH is 1. The summed E-state index contributed by atoms with van der Waals surface area (Å²) in [5.41, 5.74) is 4.63. The van der Waals surface area contributed by atoms with Crippen molar-refractivity contribution >= 4 is 44.8 Å². The fourth-order valence-corrected chi connectivity index (χ4v) is 6.66. The van der Waals surface area contributed by atoms with Crippen molar-refractivity contribution in [2.75, 3.05) is 25.5 Å². The zero-order chi connectivity index (χ0) is 27.0. The van der Waals surface area contributed by atoms with Crippen molar-refractivity contribution in [3.05, 3.63) is 62.7 Å². The number of benzene rings is 1. The fraction of sp³-hybridized carbons (Fsp3) is 0.400. The number of carbonyl (C=O) groups excluding carboxylic acids is 1. The van der Waals surface area contributed by atoms with Crippen LogP contribution in [0.1, 0.15) is 39.2 Å².